The molecule has 8 heteroatoms. The first-order chi connectivity index (χ1) is 13.6. The molecule has 1 atom stereocenters. The highest BCUT2D eigenvalue weighted by Gasteiger charge is 2.28. The van der Waals surface area contributed by atoms with E-state index in [1.54, 1.807) is 6.07 Å². The Kier molecular flexibility index (Phi) is 4.77. The number of aromatic nitrogens is 3. The van der Waals surface area contributed by atoms with Gasteiger partial charge in [0.05, 0.1) is 13.3 Å². The van der Waals surface area contributed by atoms with Crippen LogP contribution in [-0.2, 0) is 4.74 Å². The molecule has 7 nitrogen and oxygen atoms in total. The minimum atomic E-state index is -0.504. The number of halogens is 1. The van der Waals surface area contributed by atoms with E-state index in [1.807, 2.05) is 24.3 Å². The Morgan fingerprint density at radius 1 is 1.14 bits per heavy atom. The van der Waals surface area contributed by atoms with Gasteiger partial charge in [-0.05, 0) is 19.1 Å². The Bertz CT molecular complexity index is 1010. The van der Waals surface area contributed by atoms with E-state index >= 15 is 0 Å². The molecule has 4 rings (SSSR count). The zero-order valence-corrected chi connectivity index (χ0v) is 15.7. The molecule has 28 heavy (non-hydrogen) atoms. The molecule has 0 bridgehead atoms. The number of nitrogens with zero attached hydrogens (tertiary/aromatic N) is 5. The van der Waals surface area contributed by atoms with Crippen molar-refractivity contribution < 1.29 is 13.9 Å². The van der Waals surface area contributed by atoms with Crippen molar-refractivity contribution in [2.24, 2.45) is 0 Å². The van der Waals surface area contributed by atoms with Crippen LogP contribution in [0.5, 0.6) is 0 Å². The molecule has 1 aliphatic rings. The van der Waals surface area contributed by atoms with Gasteiger partial charge in [-0.3, -0.25) is 0 Å². The molecule has 1 aromatic carbocycles. The first-order valence-electron chi connectivity index (χ1n) is 9.05. The number of fused-ring (bicyclic) bond motifs is 1. The number of rotatable bonds is 3. The maximum atomic E-state index is 13.1. The molecule has 3 heterocycles. The summed E-state index contributed by atoms with van der Waals surface area (Å²) < 4.78 is 18.0. The molecule has 144 valence electrons. The van der Waals surface area contributed by atoms with Crippen LogP contribution in [0.2, 0.25) is 0 Å². The van der Waals surface area contributed by atoms with Crippen LogP contribution in [0.4, 0.5) is 16.0 Å². The minimum absolute atomic E-state index is 0.127. The normalized spacial score (nSPS) is 17.0. The Labute approximate surface area is 161 Å². The van der Waals surface area contributed by atoms with Crippen molar-refractivity contribution in [1.82, 2.24) is 15.2 Å². The zero-order valence-electron chi connectivity index (χ0n) is 15.7. The van der Waals surface area contributed by atoms with Gasteiger partial charge in [-0.2, -0.15) is 0 Å². The summed E-state index contributed by atoms with van der Waals surface area (Å²) in [4.78, 5) is 20.5. The van der Waals surface area contributed by atoms with Crippen molar-refractivity contribution in [2.45, 2.75) is 13.0 Å². The van der Waals surface area contributed by atoms with Gasteiger partial charge in [0.25, 0.3) is 0 Å². The van der Waals surface area contributed by atoms with Gasteiger partial charge in [-0.1, -0.05) is 24.3 Å². The topological polar surface area (TPSA) is 71.5 Å². The largest absolute Gasteiger partial charge is 0.464 e. The molecular weight excluding hydrogens is 361 g/mol. The number of methoxy groups -OCH3 is 1. The van der Waals surface area contributed by atoms with E-state index in [4.69, 9.17) is 4.74 Å². The van der Waals surface area contributed by atoms with E-state index in [0.29, 0.717) is 18.5 Å². The Hall–Kier alpha value is -3.29. The van der Waals surface area contributed by atoms with Gasteiger partial charge < -0.3 is 14.5 Å². The second-order valence-corrected chi connectivity index (χ2v) is 6.73. The quantitative estimate of drug-likeness (QED) is 0.646. The highest BCUT2D eigenvalue weighted by Crippen LogP contribution is 2.29. The monoisotopic (exact) mass is 381 g/mol. The fourth-order valence-corrected chi connectivity index (χ4v) is 3.58. The summed E-state index contributed by atoms with van der Waals surface area (Å²) in [5, 5.41) is 10.1. The molecule has 0 spiro atoms. The lowest BCUT2D eigenvalue weighted by molar-refractivity contribution is 0.0595. The molecule has 1 unspecified atom stereocenters. The predicted octanol–water partition coefficient (Wildman–Crippen LogP) is 2.67. The second-order valence-electron chi connectivity index (χ2n) is 6.73. The fourth-order valence-electron chi connectivity index (χ4n) is 3.58. The van der Waals surface area contributed by atoms with E-state index in [-0.39, 0.29) is 17.6 Å². The van der Waals surface area contributed by atoms with Gasteiger partial charge >= 0.3 is 5.97 Å². The highest BCUT2D eigenvalue weighted by molar-refractivity contribution is 6.05. The van der Waals surface area contributed by atoms with Crippen LogP contribution < -0.4 is 9.80 Å². The molecule has 0 aliphatic carbocycles. The van der Waals surface area contributed by atoms with Crippen LogP contribution in [0.1, 0.15) is 17.4 Å². The number of benzene rings is 1. The second kappa shape index (κ2) is 7.38. The Balaban J connectivity index is 1.64. The molecule has 1 saturated heterocycles. The number of pyridine rings is 1. The van der Waals surface area contributed by atoms with E-state index < -0.39 is 5.97 Å². The van der Waals surface area contributed by atoms with Gasteiger partial charge in [0.2, 0.25) is 0 Å². The van der Waals surface area contributed by atoms with Crippen molar-refractivity contribution >= 4 is 28.4 Å². The molecule has 1 aliphatic heterocycles. The van der Waals surface area contributed by atoms with Crippen LogP contribution in [0.15, 0.2) is 42.6 Å². The Morgan fingerprint density at radius 3 is 2.61 bits per heavy atom. The SMILES string of the molecule is COC(=O)c1nnc(N2CCN(c3ccc(F)cn3)CC2C)c2ccccc12. The van der Waals surface area contributed by atoms with E-state index in [1.165, 1.54) is 19.4 Å². The first-order valence-corrected chi connectivity index (χ1v) is 9.05. The first kappa shape index (κ1) is 18.1. The summed E-state index contributed by atoms with van der Waals surface area (Å²) in [5.41, 5.74) is 0.212. The molecule has 2 aromatic heterocycles. The number of hydrogen-bond donors (Lipinski definition) is 0. The van der Waals surface area contributed by atoms with E-state index in [9.17, 15) is 9.18 Å². The molecule has 0 radical (unpaired) electrons. The highest BCUT2D eigenvalue weighted by atomic mass is 19.1. The van der Waals surface area contributed by atoms with Crippen molar-refractivity contribution in [1.29, 1.82) is 0 Å². The van der Waals surface area contributed by atoms with Crippen LogP contribution in [0, 0.1) is 5.82 Å². The van der Waals surface area contributed by atoms with Gasteiger partial charge in [0.1, 0.15) is 11.6 Å². The predicted molar refractivity (Wildman–Crippen MR) is 104 cm³/mol. The molecule has 0 amide bonds. The van der Waals surface area contributed by atoms with Crippen LogP contribution >= 0.6 is 0 Å². The molecule has 1 fully saturated rings. The lowest BCUT2D eigenvalue weighted by atomic mass is 10.1. The third-order valence-corrected chi connectivity index (χ3v) is 4.98. The maximum Gasteiger partial charge on any atom is 0.359 e. The number of hydrogen-bond acceptors (Lipinski definition) is 7. The van der Waals surface area contributed by atoms with E-state index in [2.05, 4.69) is 31.9 Å². The lowest BCUT2D eigenvalue weighted by Crippen LogP contribution is -2.52. The van der Waals surface area contributed by atoms with E-state index in [0.717, 1.165) is 23.6 Å². The molecule has 3 aromatic rings. The minimum Gasteiger partial charge on any atom is -0.464 e. The maximum absolute atomic E-state index is 13.1. The summed E-state index contributed by atoms with van der Waals surface area (Å²) in [7, 11) is 1.33. The number of anilines is 2. The summed E-state index contributed by atoms with van der Waals surface area (Å²) >= 11 is 0. The number of carbonyl (C=O) groups excluding carboxylic acids is 1. The van der Waals surface area contributed by atoms with Crippen LogP contribution in [0.3, 0.4) is 0 Å². The van der Waals surface area contributed by atoms with Crippen LogP contribution in [0.25, 0.3) is 10.8 Å². The Morgan fingerprint density at radius 2 is 1.93 bits per heavy atom. The lowest BCUT2D eigenvalue weighted by Gasteiger charge is -2.41. The number of ether oxygens (including phenoxy) is 1. The summed E-state index contributed by atoms with van der Waals surface area (Å²) in [5.74, 6) is 0.644. The fraction of sp³-hybridized carbons (Fsp3) is 0.300. The number of carbonyl (C=O) groups is 1. The standard InChI is InChI=1S/C20H20FN5O2/c1-13-12-25(17-8-7-14(21)11-22-17)9-10-26(13)19-16-6-4-3-5-15(16)18(23-24-19)20(27)28-2/h3-8,11,13H,9-10,12H2,1-2H3. The van der Waals surface area contributed by atoms with Crippen LogP contribution in [-0.4, -0.2) is 53.9 Å². The average molecular weight is 381 g/mol. The van der Waals surface area contributed by atoms with Gasteiger partial charge in [-0.15, -0.1) is 10.2 Å². The van der Waals surface area contributed by atoms with Gasteiger partial charge in [-0.25, -0.2) is 14.2 Å². The van der Waals surface area contributed by atoms with Crippen molar-refractivity contribution in [3.8, 4) is 0 Å². The van der Waals surface area contributed by atoms with Gasteiger partial charge in [0, 0.05) is 36.4 Å². The molecule has 0 saturated carbocycles. The number of piperazine rings is 1. The van der Waals surface area contributed by atoms with Crippen molar-refractivity contribution in [3.63, 3.8) is 0 Å². The summed E-state index contributed by atoms with van der Waals surface area (Å²) in [6, 6.07) is 10.8. The van der Waals surface area contributed by atoms with Crippen molar-refractivity contribution in [2.75, 3.05) is 36.5 Å². The molecular formula is C20H20FN5O2. The number of esters is 1. The third kappa shape index (κ3) is 3.21. The average Bonchev–Trinajstić information content (AvgIpc) is 2.73. The smallest absolute Gasteiger partial charge is 0.359 e. The van der Waals surface area contributed by atoms with Gasteiger partial charge in [0.15, 0.2) is 11.5 Å². The summed E-state index contributed by atoms with van der Waals surface area (Å²) in [6.45, 7) is 4.24. The van der Waals surface area contributed by atoms with Crippen molar-refractivity contribution in [3.05, 3.63) is 54.1 Å². The third-order valence-electron chi connectivity index (χ3n) is 4.98. The molecule has 0 N–H and O–H groups in total. The summed E-state index contributed by atoms with van der Waals surface area (Å²) in [6.07, 6.45) is 1.23. The zero-order chi connectivity index (χ0) is 19.7.